The van der Waals surface area contributed by atoms with Crippen molar-refractivity contribution in [2.24, 2.45) is 0 Å². The second-order valence-electron chi connectivity index (χ2n) is 6.06. The summed E-state index contributed by atoms with van der Waals surface area (Å²) in [6.45, 7) is 11.0. The molecule has 1 aromatic carbocycles. The highest BCUT2D eigenvalue weighted by Crippen LogP contribution is 2.18. The number of nitrogens with zero attached hydrogens (tertiary/aromatic N) is 1. The number of ketones is 1. The molecule has 19 heavy (non-hydrogen) atoms. The van der Waals surface area contributed by atoms with Gasteiger partial charge in [-0.05, 0) is 33.3 Å². The number of Topliss-reactive ketones (excluding diaryl/α,β-unsaturated/α-hetero) is 1. The number of hydrogen-bond donors (Lipinski definition) is 0. The first-order valence-electron chi connectivity index (χ1n) is 6.84. The van der Waals surface area contributed by atoms with Crippen molar-refractivity contribution in [2.45, 2.75) is 33.3 Å². The van der Waals surface area contributed by atoms with E-state index in [1.54, 1.807) is 0 Å². The molecule has 1 saturated heterocycles. The molecule has 0 spiro atoms. The van der Waals surface area contributed by atoms with Crippen LogP contribution in [-0.4, -0.2) is 42.5 Å². The van der Waals surface area contributed by atoms with E-state index in [9.17, 15) is 4.79 Å². The summed E-state index contributed by atoms with van der Waals surface area (Å²) in [6.07, 6.45) is 0. The molecule has 1 fully saturated rings. The Morgan fingerprint density at radius 1 is 1.37 bits per heavy atom. The van der Waals surface area contributed by atoms with Crippen LogP contribution < -0.4 is 0 Å². The maximum Gasteiger partial charge on any atom is 0.177 e. The highest BCUT2D eigenvalue weighted by atomic mass is 16.5. The first-order chi connectivity index (χ1) is 8.87. The number of hydrogen-bond acceptors (Lipinski definition) is 3. The number of rotatable bonds is 3. The first kappa shape index (κ1) is 14.2. The van der Waals surface area contributed by atoms with Gasteiger partial charge in [-0.1, -0.05) is 23.8 Å². The maximum absolute atomic E-state index is 12.4. The van der Waals surface area contributed by atoms with Crippen LogP contribution in [0.15, 0.2) is 18.2 Å². The molecule has 3 nitrogen and oxygen atoms in total. The quantitative estimate of drug-likeness (QED) is 0.783. The summed E-state index contributed by atoms with van der Waals surface area (Å²) in [5.74, 6) is 0.204. The fraction of sp³-hybridized carbons (Fsp3) is 0.562. The van der Waals surface area contributed by atoms with Gasteiger partial charge in [0.15, 0.2) is 5.78 Å². The number of benzene rings is 1. The lowest BCUT2D eigenvalue weighted by Gasteiger charge is -2.37. The lowest BCUT2D eigenvalue weighted by molar-refractivity contribution is -0.0833. The first-order valence-corrected chi connectivity index (χ1v) is 6.84. The molecule has 0 aliphatic carbocycles. The van der Waals surface area contributed by atoms with E-state index in [1.807, 2.05) is 26.0 Å². The zero-order valence-corrected chi connectivity index (χ0v) is 12.3. The molecular formula is C16H23NO2. The number of ether oxygens (including phenoxy) is 1. The van der Waals surface area contributed by atoms with Crippen molar-refractivity contribution in [1.29, 1.82) is 0 Å². The van der Waals surface area contributed by atoms with E-state index >= 15 is 0 Å². The number of carbonyl (C=O) groups excluding carboxylic acids is 1. The van der Waals surface area contributed by atoms with E-state index in [1.165, 1.54) is 5.56 Å². The van der Waals surface area contributed by atoms with Crippen molar-refractivity contribution in [1.82, 2.24) is 4.90 Å². The van der Waals surface area contributed by atoms with Crippen LogP contribution in [0.4, 0.5) is 0 Å². The molecule has 0 atom stereocenters. The van der Waals surface area contributed by atoms with Gasteiger partial charge >= 0.3 is 0 Å². The molecule has 0 aromatic heterocycles. The molecule has 0 unspecified atom stereocenters. The Balaban J connectivity index is 2.04. The molecule has 1 heterocycles. The number of morpholine rings is 1. The van der Waals surface area contributed by atoms with Crippen LogP contribution >= 0.6 is 0 Å². The topological polar surface area (TPSA) is 29.5 Å². The molecule has 0 N–H and O–H groups in total. The van der Waals surface area contributed by atoms with Crippen LogP contribution in [0.5, 0.6) is 0 Å². The molecule has 1 aliphatic rings. The normalized spacial score (nSPS) is 19.4. The van der Waals surface area contributed by atoms with Gasteiger partial charge in [-0.2, -0.15) is 0 Å². The van der Waals surface area contributed by atoms with Gasteiger partial charge in [0.2, 0.25) is 0 Å². The standard InChI is InChI=1S/C16H23NO2/c1-12-5-6-14(13(2)9-12)15(18)10-17-7-8-19-16(3,4)11-17/h5-6,9H,7-8,10-11H2,1-4H3. The zero-order chi connectivity index (χ0) is 14.0. The SMILES string of the molecule is Cc1ccc(C(=O)CN2CCOC(C)(C)C2)c(C)c1. The fourth-order valence-corrected chi connectivity index (χ4v) is 2.66. The summed E-state index contributed by atoms with van der Waals surface area (Å²) >= 11 is 0. The minimum atomic E-state index is -0.152. The summed E-state index contributed by atoms with van der Waals surface area (Å²) in [5, 5.41) is 0. The van der Waals surface area contributed by atoms with Gasteiger partial charge in [-0.25, -0.2) is 0 Å². The van der Waals surface area contributed by atoms with Crippen molar-refractivity contribution >= 4 is 5.78 Å². The molecule has 1 aromatic rings. The number of aryl methyl sites for hydroxylation is 2. The second kappa shape index (κ2) is 5.43. The molecule has 2 rings (SSSR count). The van der Waals surface area contributed by atoms with Gasteiger partial charge in [-0.15, -0.1) is 0 Å². The van der Waals surface area contributed by atoms with E-state index in [-0.39, 0.29) is 11.4 Å². The predicted octanol–water partition coefficient (Wildman–Crippen LogP) is 2.60. The Bertz CT molecular complexity index is 480. The van der Waals surface area contributed by atoms with Crippen molar-refractivity contribution in [3.63, 3.8) is 0 Å². The van der Waals surface area contributed by atoms with Crippen molar-refractivity contribution < 1.29 is 9.53 Å². The largest absolute Gasteiger partial charge is 0.373 e. The molecular weight excluding hydrogens is 238 g/mol. The van der Waals surface area contributed by atoms with Crippen LogP contribution in [0.3, 0.4) is 0 Å². The Morgan fingerprint density at radius 3 is 2.74 bits per heavy atom. The summed E-state index contributed by atoms with van der Waals surface area (Å²) in [6, 6.07) is 6.01. The Morgan fingerprint density at radius 2 is 2.11 bits per heavy atom. The third-order valence-corrected chi connectivity index (χ3v) is 3.55. The lowest BCUT2D eigenvalue weighted by Crippen LogP contribution is -2.49. The van der Waals surface area contributed by atoms with Crippen LogP contribution in [0.2, 0.25) is 0 Å². The number of carbonyl (C=O) groups is 1. The van der Waals surface area contributed by atoms with Crippen LogP contribution in [0, 0.1) is 13.8 Å². The Hall–Kier alpha value is -1.19. The molecule has 104 valence electrons. The van der Waals surface area contributed by atoms with Crippen molar-refractivity contribution in [3.8, 4) is 0 Å². The smallest absolute Gasteiger partial charge is 0.177 e. The molecule has 0 saturated carbocycles. The van der Waals surface area contributed by atoms with Crippen LogP contribution in [0.1, 0.15) is 35.3 Å². The van der Waals surface area contributed by atoms with Gasteiger partial charge < -0.3 is 4.74 Å². The predicted molar refractivity (Wildman–Crippen MR) is 76.7 cm³/mol. The summed E-state index contributed by atoms with van der Waals surface area (Å²) in [4.78, 5) is 14.6. The lowest BCUT2D eigenvalue weighted by atomic mass is 10.0. The average molecular weight is 261 g/mol. The highest BCUT2D eigenvalue weighted by molar-refractivity contribution is 5.99. The van der Waals surface area contributed by atoms with E-state index in [4.69, 9.17) is 4.74 Å². The van der Waals surface area contributed by atoms with E-state index < -0.39 is 0 Å². The fourth-order valence-electron chi connectivity index (χ4n) is 2.66. The molecule has 3 heteroatoms. The highest BCUT2D eigenvalue weighted by Gasteiger charge is 2.28. The monoisotopic (exact) mass is 261 g/mol. The summed E-state index contributed by atoms with van der Waals surface area (Å²) in [7, 11) is 0. The van der Waals surface area contributed by atoms with Gasteiger partial charge in [0.05, 0.1) is 18.8 Å². The van der Waals surface area contributed by atoms with Crippen LogP contribution in [-0.2, 0) is 4.74 Å². The summed E-state index contributed by atoms with van der Waals surface area (Å²) in [5.41, 5.74) is 2.95. The van der Waals surface area contributed by atoms with E-state index in [0.29, 0.717) is 13.2 Å². The summed E-state index contributed by atoms with van der Waals surface area (Å²) < 4.78 is 5.67. The van der Waals surface area contributed by atoms with Crippen molar-refractivity contribution in [3.05, 3.63) is 34.9 Å². The maximum atomic E-state index is 12.4. The third kappa shape index (κ3) is 3.64. The minimum absolute atomic E-state index is 0.152. The van der Waals surface area contributed by atoms with Gasteiger partial charge in [0, 0.05) is 18.7 Å². The van der Waals surface area contributed by atoms with Crippen molar-refractivity contribution in [2.75, 3.05) is 26.2 Å². The Kier molecular flexibility index (Phi) is 4.07. The third-order valence-electron chi connectivity index (χ3n) is 3.55. The minimum Gasteiger partial charge on any atom is -0.373 e. The average Bonchev–Trinajstić information content (AvgIpc) is 2.27. The molecule has 0 amide bonds. The van der Waals surface area contributed by atoms with Gasteiger partial charge in [-0.3, -0.25) is 9.69 Å². The zero-order valence-electron chi connectivity index (χ0n) is 12.3. The molecule has 1 aliphatic heterocycles. The van der Waals surface area contributed by atoms with Crippen LogP contribution in [0.25, 0.3) is 0 Å². The van der Waals surface area contributed by atoms with Gasteiger partial charge in [0.1, 0.15) is 0 Å². The van der Waals surface area contributed by atoms with Gasteiger partial charge in [0.25, 0.3) is 0 Å². The second-order valence-corrected chi connectivity index (χ2v) is 6.06. The van der Waals surface area contributed by atoms with E-state index in [2.05, 4.69) is 24.8 Å². The molecule has 0 bridgehead atoms. The van der Waals surface area contributed by atoms with E-state index in [0.717, 1.165) is 24.2 Å². The molecule has 0 radical (unpaired) electrons. The Labute approximate surface area is 115 Å².